The molecule has 6 heteroatoms. The molecule has 0 aliphatic rings. The second-order valence-corrected chi connectivity index (χ2v) is 5.00. The van der Waals surface area contributed by atoms with E-state index in [4.69, 9.17) is 17.2 Å². The molecule has 1 aromatic heterocycles. The van der Waals surface area contributed by atoms with Gasteiger partial charge in [-0.05, 0) is 18.2 Å². The summed E-state index contributed by atoms with van der Waals surface area (Å²) in [5.74, 6) is -0.844. The number of guanidine groups is 1. The third-order valence-corrected chi connectivity index (χ3v) is 3.40. The summed E-state index contributed by atoms with van der Waals surface area (Å²) in [7, 11) is 0. The van der Waals surface area contributed by atoms with Crippen LogP contribution in [0.25, 0.3) is 22.2 Å². The SMILES string of the molecule is NC(N)=NC(=O)c1cc(-c2ccccc2)nc2cccc(N)c12. The number of benzene rings is 2. The molecule has 6 nitrogen and oxygen atoms in total. The molecule has 23 heavy (non-hydrogen) atoms. The number of carbonyl (C=O) groups excluding carboxylic acids is 1. The number of nitrogens with zero attached hydrogens (tertiary/aromatic N) is 2. The minimum atomic E-state index is -0.549. The standard InChI is InChI=1S/C17H15N5O/c18-12-7-4-8-13-15(12)11(16(23)22-17(19)20)9-14(21-13)10-5-2-1-3-6-10/h1-9H,18H2,(H4,19,20,22,23). The molecule has 6 N–H and O–H groups in total. The first-order valence-corrected chi connectivity index (χ1v) is 6.95. The Balaban J connectivity index is 2.31. The van der Waals surface area contributed by atoms with Crippen molar-refractivity contribution in [1.29, 1.82) is 0 Å². The first-order chi connectivity index (χ1) is 11.1. The average Bonchev–Trinajstić information content (AvgIpc) is 2.54. The molecule has 0 bridgehead atoms. The number of amides is 1. The van der Waals surface area contributed by atoms with Gasteiger partial charge in [-0.2, -0.15) is 4.99 Å². The molecular formula is C17H15N5O. The van der Waals surface area contributed by atoms with Crippen molar-refractivity contribution in [3.05, 3.63) is 60.2 Å². The van der Waals surface area contributed by atoms with E-state index in [-0.39, 0.29) is 5.96 Å². The van der Waals surface area contributed by atoms with Gasteiger partial charge in [0.2, 0.25) is 0 Å². The Morgan fingerprint density at radius 3 is 2.43 bits per heavy atom. The van der Waals surface area contributed by atoms with E-state index < -0.39 is 5.91 Å². The number of fused-ring (bicyclic) bond motifs is 1. The lowest BCUT2D eigenvalue weighted by Gasteiger charge is -2.09. The van der Waals surface area contributed by atoms with Crippen LogP contribution in [0.15, 0.2) is 59.6 Å². The van der Waals surface area contributed by atoms with Crippen LogP contribution in [0.3, 0.4) is 0 Å². The van der Waals surface area contributed by atoms with Crippen LogP contribution < -0.4 is 17.2 Å². The zero-order valence-electron chi connectivity index (χ0n) is 12.2. The van der Waals surface area contributed by atoms with E-state index in [1.165, 1.54) is 0 Å². The summed E-state index contributed by atoms with van der Waals surface area (Å²) in [6.07, 6.45) is 0. The van der Waals surface area contributed by atoms with Crippen LogP contribution in [0.2, 0.25) is 0 Å². The van der Waals surface area contributed by atoms with Gasteiger partial charge in [0.1, 0.15) is 0 Å². The quantitative estimate of drug-likeness (QED) is 0.379. The van der Waals surface area contributed by atoms with Gasteiger partial charge in [-0.3, -0.25) is 4.79 Å². The van der Waals surface area contributed by atoms with Gasteiger partial charge in [0, 0.05) is 16.6 Å². The van der Waals surface area contributed by atoms with Crippen LogP contribution in [0.5, 0.6) is 0 Å². The van der Waals surface area contributed by atoms with Crippen molar-refractivity contribution in [3.8, 4) is 11.3 Å². The van der Waals surface area contributed by atoms with E-state index in [2.05, 4.69) is 9.98 Å². The highest BCUT2D eigenvalue weighted by atomic mass is 16.1. The van der Waals surface area contributed by atoms with Gasteiger partial charge in [-0.25, -0.2) is 4.98 Å². The van der Waals surface area contributed by atoms with Crippen LogP contribution in [-0.2, 0) is 0 Å². The Bertz CT molecular complexity index is 915. The lowest BCUT2D eigenvalue weighted by molar-refractivity contribution is 0.100. The molecule has 114 valence electrons. The van der Waals surface area contributed by atoms with Crippen molar-refractivity contribution in [3.63, 3.8) is 0 Å². The third kappa shape index (κ3) is 2.82. The molecule has 0 spiro atoms. The Morgan fingerprint density at radius 1 is 1.00 bits per heavy atom. The van der Waals surface area contributed by atoms with Crippen molar-refractivity contribution in [2.45, 2.75) is 0 Å². The number of pyridine rings is 1. The average molecular weight is 305 g/mol. The van der Waals surface area contributed by atoms with Gasteiger partial charge in [-0.1, -0.05) is 36.4 Å². The third-order valence-electron chi connectivity index (χ3n) is 3.40. The molecule has 0 unspecified atom stereocenters. The van der Waals surface area contributed by atoms with Crippen molar-refractivity contribution >= 4 is 28.5 Å². The number of nitrogen functional groups attached to an aromatic ring is 1. The number of carbonyl (C=O) groups is 1. The minimum Gasteiger partial charge on any atom is -0.398 e. The molecule has 0 saturated carbocycles. The lowest BCUT2D eigenvalue weighted by Crippen LogP contribution is -2.24. The molecule has 3 rings (SSSR count). The molecule has 1 heterocycles. The predicted molar refractivity (Wildman–Crippen MR) is 91.7 cm³/mol. The van der Waals surface area contributed by atoms with E-state index in [0.717, 1.165) is 5.56 Å². The smallest absolute Gasteiger partial charge is 0.281 e. The number of aromatic nitrogens is 1. The van der Waals surface area contributed by atoms with Crippen LogP contribution in [0.1, 0.15) is 10.4 Å². The summed E-state index contributed by atoms with van der Waals surface area (Å²) in [6, 6.07) is 16.5. The van der Waals surface area contributed by atoms with Gasteiger partial charge in [0.25, 0.3) is 5.91 Å². The summed E-state index contributed by atoms with van der Waals surface area (Å²) < 4.78 is 0. The minimum absolute atomic E-state index is 0.296. The van der Waals surface area contributed by atoms with Crippen molar-refractivity contribution in [2.24, 2.45) is 16.5 Å². The maximum absolute atomic E-state index is 12.4. The van der Waals surface area contributed by atoms with Crippen molar-refractivity contribution in [2.75, 3.05) is 5.73 Å². The second kappa shape index (κ2) is 5.76. The summed E-state index contributed by atoms with van der Waals surface area (Å²) in [6.45, 7) is 0. The van der Waals surface area contributed by atoms with Crippen LogP contribution >= 0.6 is 0 Å². The van der Waals surface area contributed by atoms with Gasteiger partial charge >= 0.3 is 0 Å². The predicted octanol–water partition coefficient (Wildman–Crippen LogP) is 1.90. The number of aliphatic imine (C=N–C) groups is 1. The van der Waals surface area contributed by atoms with E-state index in [0.29, 0.717) is 27.8 Å². The van der Waals surface area contributed by atoms with Gasteiger partial charge < -0.3 is 17.2 Å². The van der Waals surface area contributed by atoms with E-state index in [9.17, 15) is 4.79 Å². The van der Waals surface area contributed by atoms with Gasteiger partial charge in [-0.15, -0.1) is 0 Å². The Labute approximate surface area is 132 Å². The zero-order chi connectivity index (χ0) is 16.4. The molecule has 3 aromatic rings. The molecule has 0 aliphatic heterocycles. The molecule has 0 aliphatic carbocycles. The van der Waals surface area contributed by atoms with Crippen LogP contribution in [0.4, 0.5) is 5.69 Å². The maximum atomic E-state index is 12.4. The first-order valence-electron chi connectivity index (χ1n) is 6.95. The Kier molecular flexibility index (Phi) is 3.64. The van der Waals surface area contributed by atoms with Crippen molar-refractivity contribution < 1.29 is 4.79 Å². The maximum Gasteiger partial charge on any atom is 0.281 e. The summed E-state index contributed by atoms with van der Waals surface area (Å²) in [5, 5.41) is 0.544. The van der Waals surface area contributed by atoms with Crippen molar-refractivity contribution in [1.82, 2.24) is 4.98 Å². The molecule has 0 radical (unpaired) electrons. The summed E-state index contributed by atoms with van der Waals surface area (Å²) in [4.78, 5) is 20.6. The van der Waals surface area contributed by atoms with Crippen LogP contribution in [0, 0.1) is 0 Å². The topological polar surface area (TPSA) is 120 Å². The largest absolute Gasteiger partial charge is 0.398 e. The lowest BCUT2D eigenvalue weighted by atomic mass is 10.0. The van der Waals surface area contributed by atoms with Gasteiger partial charge in [0.05, 0.1) is 16.8 Å². The fourth-order valence-electron chi connectivity index (χ4n) is 2.42. The normalized spacial score (nSPS) is 10.4. The highest BCUT2D eigenvalue weighted by molar-refractivity contribution is 6.13. The molecule has 0 saturated heterocycles. The molecule has 0 fully saturated rings. The highest BCUT2D eigenvalue weighted by Crippen LogP contribution is 2.29. The molecule has 2 aromatic carbocycles. The second-order valence-electron chi connectivity index (χ2n) is 5.00. The summed E-state index contributed by atoms with van der Waals surface area (Å²) >= 11 is 0. The van der Waals surface area contributed by atoms with E-state index in [1.807, 2.05) is 30.3 Å². The fraction of sp³-hybridized carbons (Fsp3) is 0. The number of nitrogens with two attached hydrogens (primary N) is 3. The van der Waals surface area contributed by atoms with E-state index in [1.54, 1.807) is 24.3 Å². The molecule has 0 atom stereocenters. The number of anilines is 1. The summed E-state index contributed by atoms with van der Waals surface area (Å²) in [5.41, 5.74) is 19.6. The zero-order valence-corrected chi connectivity index (χ0v) is 12.2. The first kappa shape index (κ1) is 14.5. The molecular weight excluding hydrogens is 290 g/mol. The fourth-order valence-corrected chi connectivity index (χ4v) is 2.42. The Morgan fingerprint density at radius 2 is 1.74 bits per heavy atom. The van der Waals surface area contributed by atoms with Crippen LogP contribution in [-0.4, -0.2) is 16.9 Å². The van der Waals surface area contributed by atoms with Gasteiger partial charge in [0.15, 0.2) is 5.96 Å². The monoisotopic (exact) mass is 305 g/mol. The molecule has 1 amide bonds. The highest BCUT2D eigenvalue weighted by Gasteiger charge is 2.15. The Hall–Kier alpha value is -3.41. The number of hydrogen-bond donors (Lipinski definition) is 3. The van der Waals surface area contributed by atoms with E-state index >= 15 is 0 Å². The number of rotatable bonds is 2. The number of hydrogen-bond acceptors (Lipinski definition) is 3.